The molecule has 2 heterocycles. The molecule has 3 atom stereocenters. The Bertz CT molecular complexity index is 628. The summed E-state index contributed by atoms with van der Waals surface area (Å²) in [5.41, 5.74) is 12.7. The molecule has 2 fully saturated rings. The van der Waals surface area contributed by atoms with Crippen LogP contribution in [0.25, 0.3) is 0 Å². The van der Waals surface area contributed by atoms with Crippen molar-refractivity contribution < 1.29 is 9.59 Å². The van der Waals surface area contributed by atoms with Crippen molar-refractivity contribution in [3.63, 3.8) is 0 Å². The van der Waals surface area contributed by atoms with E-state index in [0.717, 1.165) is 13.1 Å². The molecular weight excluding hydrogens is 328 g/mol. The molecule has 2 saturated heterocycles. The average molecular weight is 358 g/mol. The van der Waals surface area contributed by atoms with Crippen molar-refractivity contribution in [3.8, 4) is 0 Å². The number of carbonyl (C=O) groups excluding carboxylic acids is 2. The number of nitrogens with two attached hydrogens (primary N) is 2. The van der Waals surface area contributed by atoms with E-state index in [-0.39, 0.29) is 23.8 Å². The third kappa shape index (κ3) is 3.91. The predicted octanol–water partition coefficient (Wildman–Crippen LogP) is 0.773. The number of rotatable bonds is 5. The van der Waals surface area contributed by atoms with Crippen LogP contribution in [0.5, 0.6) is 0 Å². The molecule has 2 aliphatic heterocycles. The second-order valence-corrected chi connectivity index (χ2v) is 7.64. The molecule has 2 amide bonds. The standard InChI is InChI=1S/C20H30N4O2/c1-14(20(26)23-9-7-16(8-10-23)19(22)25)24-12-17(11-21)18(13-24)15-5-3-2-4-6-15/h2-6,14,16-18H,7-13,21H2,1H3,(H2,22,25)/t14?,17-,18+/m1/s1. The molecule has 1 unspecified atom stereocenters. The van der Waals surface area contributed by atoms with Gasteiger partial charge in [-0.1, -0.05) is 30.3 Å². The van der Waals surface area contributed by atoms with Crippen molar-refractivity contribution in [1.29, 1.82) is 0 Å². The van der Waals surface area contributed by atoms with Crippen LogP contribution in [0.15, 0.2) is 30.3 Å². The number of nitrogens with zero attached hydrogens (tertiary/aromatic N) is 2. The molecule has 26 heavy (non-hydrogen) atoms. The van der Waals surface area contributed by atoms with Crippen molar-refractivity contribution >= 4 is 11.8 Å². The predicted molar refractivity (Wildman–Crippen MR) is 101 cm³/mol. The fourth-order valence-corrected chi connectivity index (χ4v) is 4.34. The lowest BCUT2D eigenvalue weighted by atomic mass is 9.89. The van der Waals surface area contributed by atoms with Gasteiger partial charge < -0.3 is 16.4 Å². The Hall–Kier alpha value is -1.92. The lowest BCUT2D eigenvalue weighted by molar-refractivity contribution is -0.139. The Labute approximate surface area is 155 Å². The Morgan fingerprint density at radius 1 is 1.15 bits per heavy atom. The highest BCUT2D eigenvalue weighted by Crippen LogP contribution is 2.33. The number of primary amides is 1. The Morgan fingerprint density at radius 2 is 1.81 bits per heavy atom. The molecular formula is C20H30N4O2. The maximum atomic E-state index is 12.9. The summed E-state index contributed by atoms with van der Waals surface area (Å²) in [5, 5.41) is 0. The van der Waals surface area contributed by atoms with E-state index in [2.05, 4.69) is 29.2 Å². The summed E-state index contributed by atoms with van der Waals surface area (Å²) >= 11 is 0. The molecule has 0 spiro atoms. The SMILES string of the molecule is CC(C(=O)N1CCC(C(N)=O)CC1)N1C[C@@H](CN)[C@H](c2ccccc2)C1. The van der Waals surface area contributed by atoms with E-state index in [9.17, 15) is 9.59 Å². The zero-order valence-electron chi connectivity index (χ0n) is 15.5. The number of benzene rings is 1. The zero-order valence-corrected chi connectivity index (χ0v) is 15.5. The molecule has 0 aliphatic carbocycles. The largest absolute Gasteiger partial charge is 0.369 e. The average Bonchev–Trinajstić information content (AvgIpc) is 3.12. The lowest BCUT2D eigenvalue weighted by Crippen LogP contribution is -2.50. The van der Waals surface area contributed by atoms with E-state index in [4.69, 9.17) is 11.5 Å². The number of hydrogen-bond acceptors (Lipinski definition) is 4. The van der Waals surface area contributed by atoms with Crippen molar-refractivity contribution in [2.45, 2.75) is 31.7 Å². The minimum Gasteiger partial charge on any atom is -0.369 e. The summed E-state index contributed by atoms with van der Waals surface area (Å²) in [7, 11) is 0. The van der Waals surface area contributed by atoms with Crippen molar-refractivity contribution in [3.05, 3.63) is 35.9 Å². The maximum Gasteiger partial charge on any atom is 0.239 e. The smallest absolute Gasteiger partial charge is 0.239 e. The first-order valence-corrected chi connectivity index (χ1v) is 9.58. The molecule has 0 radical (unpaired) electrons. The third-order valence-electron chi connectivity index (χ3n) is 6.11. The van der Waals surface area contributed by atoms with Crippen LogP contribution in [0.4, 0.5) is 0 Å². The monoisotopic (exact) mass is 358 g/mol. The van der Waals surface area contributed by atoms with Crippen LogP contribution in [-0.4, -0.2) is 60.4 Å². The Morgan fingerprint density at radius 3 is 2.38 bits per heavy atom. The highest BCUT2D eigenvalue weighted by Gasteiger charge is 2.38. The normalized spacial score (nSPS) is 26.0. The summed E-state index contributed by atoms with van der Waals surface area (Å²) < 4.78 is 0. The zero-order chi connectivity index (χ0) is 18.7. The molecule has 2 aliphatic rings. The summed E-state index contributed by atoms with van der Waals surface area (Å²) in [6.07, 6.45) is 1.34. The minimum atomic E-state index is -0.249. The number of piperidine rings is 1. The Kier molecular flexibility index (Phi) is 5.94. The van der Waals surface area contributed by atoms with E-state index in [1.165, 1.54) is 5.56 Å². The van der Waals surface area contributed by atoms with Crippen LogP contribution in [0.2, 0.25) is 0 Å². The van der Waals surface area contributed by atoms with E-state index >= 15 is 0 Å². The van der Waals surface area contributed by atoms with Gasteiger partial charge in [0.1, 0.15) is 0 Å². The van der Waals surface area contributed by atoms with Gasteiger partial charge in [-0.15, -0.1) is 0 Å². The summed E-state index contributed by atoms with van der Waals surface area (Å²) in [4.78, 5) is 28.4. The maximum absolute atomic E-state index is 12.9. The van der Waals surface area contributed by atoms with Crippen LogP contribution in [0, 0.1) is 11.8 Å². The molecule has 6 heteroatoms. The minimum absolute atomic E-state index is 0.0924. The van der Waals surface area contributed by atoms with Gasteiger partial charge in [0.2, 0.25) is 11.8 Å². The molecule has 6 nitrogen and oxygen atoms in total. The van der Waals surface area contributed by atoms with Gasteiger partial charge >= 0.3 is 0 Å². The highest BCUT2D eigenvalue weighted by molar-refractivity contribution is 5.82. The van der Waals surface area contributed by atoms with Gasteiger partial charge in [-0.3, -0.25) is 14.5 Å². The topological polar surface area (TPSA) is 92.7 Å². The fraction of sp³-hybridized carbons (Fsp3) is 0.600. The number of amides is 2. The summed E-state index contributed by atoms with van der Waals surface area (Å²) in [6, 6.07) is 10.3. The molecule has 1 aromatic carbocycles. The van der Waals surface area contributed by atoms with Crippen LogP contribution < -0.4 is 11.5 Å². The first-order chi connectivity index (χ1) is 12.5. The fourth-order valence-electron chi connectivity index (χ4n) is 4.34. The van der Waals surface area contributed by atoms with E-state index in [1.807, 2.05) is 17.9 Å². The van der Waals surface area contributed by atoms with Crippen LogP contribution >= 0.6 is 0 Å². The van der Waals surface area contributed by atoms with Gasteiger partial charge in [-0.25, -0.2) is 0 Å². The first-order valence-electron chi connectivity index (χ1n) is 9.58. The van der Waals surface area contributed by atoms with Crippen LogP contribution in [-0.2, 0) is 9.59 Å². The van der Waals surface area contributed by atoms with Gasteiger partial charge in [-0.2, -0.15) is 0 Å². The number of carbonyl (C=O) groups is 2. The van der Waals surface area contributed by atoms with Gasteiger partial charge in [0, 0.05) is 38.0 Å². The first kappa shape index (κ1) is 18.9. The number of likely N-dealkylation sites (tertiary alicyclic amines) is 2. The quantitative estimate of drug-likeness (QED) is 0.813. The molecule has 3 rings (SSSR count). The lowest BCUT2D eigenvalue weighted by Gasteiger charge is -2.34. The molecule has 0 bridgehead atoms. The van der Waals surface area contributed by atoms with E-state index in [1.54, 1.807) is 0 Å². The van der Waals surface area contributed by atoms with Crippen LogP contribution in [0.1, 0.15) is 31.2 Å². The van der Waals surface area contributed by atoms with Gasteiger partial charge in [-0.05, 0) is 37.8 Å². The van der Waals surface area contributed by atoms with E-state index < -0.39 is 0 Å². The molecule has 0 aromatic heterocycles. The second-order valence-electron chi connectivity index (χ2n) is 7.64. The molecule has 4 N–H and O–H groups in total. The second kappa shape index (κ2) is 8.18. The molecule has 142 valence electrons. The summed E-state index contributed by atoms with van der Waals surface area (Å²) in [6.45, 7) is 5.56. The molecule has 1 aromatic rings. The van der Waals surface area contributed by atoms with Gasteiger partial charge in [0.25, 0.3) is 0 Å². The van der Waals surface area contributed by atoms with Crippen LogP contribution in [0.3, 0.4) is 0 Å². The van der Waals surface area contributed by atoms with Gasteiger partial charge in [0.15, 0.2) is 0 Å². The Balaban J connectivity index is 1.62. The van der Waals surface area contributed by atoms with Crippen molar-refractivity contribution in [2.24, 2.45) is 23.3 Å². The highest BCUT2D eigenvalue weighted by atomic mass is 16.2. The van der Waals surface area contributed by atoms with Crippen molar-refractivity contribution in [2.75, 3.05) is 32.7 Å². The van der Waals surface area contributed by atoms with E-state index in [0.29, 0.717) is 44.3 Å². The van der Waals surface area contributed by atoms with Crippen molar-refractivity contribution in [1.82, 2.24) is 9.80 Å². The van der Waals surface area contributed by atoms with Gasteiger partial charge in [0.05, 0.1) is 6.04 Å². The third-order valence-corrected chi connectivity index (χ3v) is 6.11. The number of hydrogen-bond donors (Lipinski definition) is 2. The molecule has 0 saturated carbocycles. The summed E-state index contributed by atoms with van der Waals surface area (Å²) in [5.74, 6) is 0.550.